The van der Waals surface area contributed by atoms with Crippen LogP contribution in [0.4, 0.5) is 0 Å². The molecular formula is C14H16N10NiS2. The molecule has 0 aromatic carbocycles. The SMILES string of the molecule is [H+].[N-]=C=S.[N-]=C=S.[Ni+2].[c-]1cnc[nH]1.c1c[nH]cn1.c1c[nH]cn1.c1c[nH]cn1. The van der Waals surface area contributed by atoms with Crippen molar-refractivity contribution >= 4 is 34.8 Å². The molecule has 0 saturated heterocycles. The molecule has 13 heteroatoms. The number of H-pyrrole nitrogens is 4. The van der Waals surface area contributed by atoms with Gasteiger partial charge < -0.3 is 35.7 Å². The number of rotatable bonds is 0. The number of isothiocyanates is 2. The van der Waals surface area contributed by atoms with Gasteiger partial charge in [-0.05, 0) is 0 Å². The van der Waals surface area contributed by atoms with Crippen LogP contribution < -0.4 is 0 Å². The van der Waals surface area contributed by atoms with E-state index >= 15 is 0 Å². The average molecular weight is 447 g/mol. The molecule has 27 heavy (non-hydrogen) atoms. The molecular weight excluding hydrogens is 431 g/mol. The van der Waals surface area contributed by atoms with Crippen LogP contribution in [0, 0.1) is 6.20 Å². The predicted octanol–water partition coefficient (Wildman–Crippen LogP) is 2.87. The van der Waals surface area contributed by atoms with Gasteiger partial charge >= 0.3 is 17.9 Å². The number of hydrogen-bond donors (Lipinski definition) is 4. The maximum absolute atomic E-state index is 7.13. The van der Waals surface area contributed by atoms with E-state index in [9.17, 15) is 0 Å². The molecule has 144 valence electrons. The standard InChI is InChI=1S/3C3H4N2.C3H3N2.2CNS.Ni/c4*1-2-5-3-4-1;2*2-1-3;/h3*1-3H,(H,4,5);1,3H,(H,4,5);;;/q;;;3*-1;+2/p+1. The van der Waals surface area contributed by atoms with Crippen LogP contribution in [-0.2, 0) is 16.5 Å². The maximum atomic E-state index is 7.13. The minimum absolute atomic E-state index is 0. The van der Waals surface area contributed by atoms with Crippen molar-refractivity contribution in [3.05, 3.63) is 85.7 Å². The van der Waals surface area contributed by atoms with Gasteiger partial charge in [0.25, 0.3) is 0 Å². The second-order valence-electron chi connectivity index (χ2n) is 3.16. The van der Waals surface area contributed by atoms with Crippen LogP contribution >= 0.6 is 24.4 Å². The first kappa shape index (κ1) is 28.7. The van der Waals surface area contributed by atoms with Gasteiger partial charge in [-0.25, -0.2) is 15.0 Å². The molecule has 0 fully saturated rings. The van der Waals surface area contributed by atoms with Crippen molar-refractivity contribution in [3.63, 3.8) is 0 Å². The maximum Gasteiger partial charge on any atom is 2.00 e. The fraction of sp³-hybridized carbons (Fsp3) is 0. The van der Waals surface area contributed by atoms with Gasteiger partial charge in [-0.2, -0.15) is 16.5 Å². The Bertz CT molecular complexity index is 521. The summed E-state index contributed by atoms with van der Waals surface area (Å²) in [4.78, 5) is 25.5. The molecule has 4 N–H and O–H groups in total. The summed E-state index contributed by atoms with van der Waals surface area (Å²) < 4.78 is 0. The van der Waals surface area contributed by atoms with E-state index in [1.54, 1.807) is 68.7 Å². The van der Waals surface area contributed by atoms with Crippen molar-refractivity contribution in [3.8, 4) is 0 Å². The summed E-state index contributed by atoms with van der Waals surface area (Å²) in [5.74, 6) is 0. The van der Waals surface area contributed by atoms with E-state index in [2.05, 4.69) is 70.5 Å². The number of aromatic nitrogens is 8. The zero-order valence-electron chi connectivity index (χ0n) is 14.7. The Hall–Kier alpha value is -3.07. The van der Waals surface area contributed by atoms with Gasteiger partial charge in [0.1, 0.15) is 0 Å². The molecule has 10 nitrogen and oxygen atoms in total. The molecule has 4 aromatic heterocycles. The molecule has 4 heterocycles. The number of hydrogen-bond acceptors (Lipinski definition) is 6. The fourth-order valence-electron chi connectivity index (χ4n) is 0.832. The summed E-state index contributed by atoms with van der Waals surface area (Å²) >= 11 is 7.40. The number of thiocarbonyl (C=S) groups is 2. The van der Waals surface area contributed by atoms with Crippen molar-refractivity contribution in [2.75, 3.05) is 0 Å². The molecule has 0 amide bonds. The topological polar surface area (TPSA) is 159 Å². The van der Waals surface area contributed by atoms with Crippen molar-refractivity contribution < 1.29 is 17.9 Å². The molecule has 0 atom stereocenters. The summed E-state index contributed by atoms with van der Waals surface area (Å²) in [6.45, 7) is 0. The van der Waals surface area contributed by atoms with E-state index in [1.165, 1.54) is 10.3 Å². The predicted molar refractivity (Wildman–Crippen MR) is 106 cm³/mol. The number of nitrogens with zero attached hydrogens (tertiary/aromatic N) is 6. The zero-order chi connectivity index (χ0) is 19.6. The van der Waals surface area contributed by atoms with Crippen LogP contribution in [0.5, 0.6) is 0 Å². The minimum atomic E-state index is 0. The Morgan fingerprint density at radius 1 is 0.741 bits per heavy atom. The summed E-state index contributed by atoms with van der Waals surface area (Å²) in [6, 6.07) is 0. The van der Waals surface area contributed by atoms with E-state index in [4.69, 9.17) is 10.8 Å². The number of aromatic amines is 4. The summed E-state index contributed by atoms with van der Waals surface area (Å²) in [5, 5.41) is 16.9. The van der Waals surface area contributed by atoms with Gasteiger partial charge in [0.05, 0.1) is 19.0 Å². The zero-order valence-corrected chi connectivity index (χ0v) is 16.3. The molecule has 4 rings (SSSR count). The van der Waals surface area contributed by atoms with E-state index in [0.29, 0.717) is 0 Å². The van der Waals surface area contributed by atoms with Gasteiger partial charge in [0, 0.05) is 37.2 Å². The summed E-state index contributed by atoms with van der Waals surface area (Å²) in [5.41, 5.74) is 0. The molecule has 0 aliphatic carbocycles. The molecule has 0 aliphatic heterocycles. The Labute approximate surface area is 178 Å². The molecule has 0 saturated carbocycles. The third-order valence-electron chi connectivity index (χ3n) is 1.58. The van der Waals surface area contributed by atoms with Gasteiger partial charge in [-0.15, -0.1) is 0 Å². The van der Waals surface area contributed by atoms with Crippen LogP contribution in [0.1, 0.15) is 1.43 Å². The van der Waals surface area contributed by atoms with E-state index < -0.39 is 0 Å². The van der Waals surface area contributed by atoms with Crippen LogP contribution in [-0.4, -0.2) is 50.2 Å². The van der Waals surface area contributed by atoms with Crippen molar-refractivity contribution in [2.45, 2.75) is 0 Å². The Kier molecular flexibility index (Phi) is 32.7. The Morgan fingerprint density at radius 2 is 1.11 bits per heavy atom. The molecule has 4 aromatic rings. The van der Waals surface area contributed by atoms with Crippen LogP contribution in [0.15, 0.2) is 68.7 Å². The van der Waals surface area contributed by atoms with E-state index in [1.807, 2.05) is 0 Å². The molecule has 0 aliphatic rings. The fourth-order valence-corrected chi connectivity index (χ4v) is 0.832. The first-order valence-corrected chi connectivity index (χ1v) is 7.30. The van der Waals surface area contributed by atoms with Gasteiger partial charge in [0.15, 0.2) is 0 Å². The largest absolute Gasteiger partial charge is 2.00 e. The second kappa shape index (κ2) is 30.8. The average Bonchev–Trinajstić information content (AvgIpc) is 3.53. The summed E-state index contributed by atoms with van der Waals surface area (Å²) in [7, 11) is 0. The third kappa shape index (κ3) is 35.0. The minimum Gasteiger partial charge on any atom is -0.753 e. The van der Waals surface area contributed by atoms with Gasteiger partial charge in [-0.3, -0.25) is 0 Å². The monoisotopic (exact) mass is 446 g/mol. The second-order valence-corrected chi connectivity index (χ2v) is 3.53. The van der Waals surface area contributed by atoms with Crippen LogP contribution in [0.25, 0.3) is 10.8 Å². The van der Waals surface area contributed by atoms with Crippen molar-refractivity contribution in [1.82, 2.24) is 39.9 Å². The quantitative estimate of drug-likeness (QED) is 0.140. The molecule has 0 unspecified atom stereocenters. The number of nitrogens with one attached hydrogen (secondary N) is 4. The van der Waals surface area contributed by atoms with E-state index in [0.717, 1.165) is 0 Å². The number of imidazole rings is 4. The molecule has 0 spiro atoms. The smallest absolute Gasteiger partial charge is 0.753 e. The molecule has 0 radical (unpaired) electrons. The van der Waals surface area contributed by atoms with E-state index in [-0.39, 0.29) is 17.9 Å². The van der Waals surface area contributed by atoms with Gasteiger partial charge in [0.2, 0.25) is 0 Å². The summed E-state index contributed by atoms with van der Waals surface area (Å²) in [6.07, 6.45) is 21.0. The first-order valence-electron chi connectivity index (χ1n) is 6.48. The van der Waals surface area contributed by atoms with Crippen molar-refractivity contribution in [2.24, 2.45) is 0 Å². The first-order chi connectivity index (χ1) is 12.8. The Morgan fingerprint density at radius 3 is 1.19 bits per heavy atom. The van der Waals surface area contributed by atoms with Crippen LogP contribution in [0.3, 0.4) is 0 Å². The molecule has 0 bridgehead atoms. The normalized spacial score (nSPS) is 6.52. The van der Waals surface area contributed by atoms with Crippen molar-refractivity contribution in [1.29, 1.82) is 0 Å². The third-order valence-corrected chi connectivity index (χ3v) is 1.58. The Balaban J connectivity index is -0.000000124. The van der Waals surface area contributed by atoms with Gasteiger partial charge in [-0.1, -0.05) is 37.0 Å². The van der Waals surface area contributed by atoms with Crippen LogP contribution in [0.2, 0.25) is 0 Å².